The van der Waals surface area contributed by atoms with Crippen molar-refractivity contribution in [3.8, 4) is 17.1 Å². The van der Waals surface area contributed by atoms with Gasteiger partial charge in [-0.2, -0.15) is 0 Å². The number of benzene rings is 2. The molecule has 150 valence electrons. The molecule has 0 spiro atoms. The van der Waals surface area contributed by atoms with Crippen LogP contribution in [0.4, 0.5) is 0 Å². The summed E-state index contributed by atoms with van der Waals surface area (Å²) in [7, 11) is 1.59. The van der Waals surface area contributed by atoms with E-state index in [1.54, 1.807) is 31.6 Å². The molecule has 0 bridgehead atoms. The highest BCUT2D eigenvalue weighted by molar-refractivity contribution is 7.99. The number of hydrogen-bond acceptors (Lipinski definition) is 6. The van der Waals surface area contributed by atoms with Gasteiger partial charge in [0.05, 0.1) is 19.4 Å². The van der Waals surface area contributed by atoms with Gasteiger partial charge in [-0.05, 0) is 29.8 Å². The number of pyridine rings is 1. The molecule has 0 amide bonds. The molecule has 0 unspecified atom stereocenters. The predicted octanol–water partition coefficient (Wildman–Crippen LogP) is 4.37. The van der Waals surface area contributed by atoms with Crippen LogP contribution in [0, 0.1) is 0 Å². The van der Waals surface area contributed by atoms with Crippen molar-refractivity contribution in [3.05, 3.63) is 90.3 Å². The number of ketones is 1. The molecule has 0 saturated carbocycles. The molecular weight excluding hydrogens is 396 g/mol. The lowest BCUT2D eigenvalue weighted by atomic mass is 10.1. The fraction of sp³-hybridized carbons (Fsp3) is 0.130. The highest BCUT2D eigenvalue weighted by atomic mass is 32.2. The Morgan fingerprint density at radius 2 is 1.80 bits per heavy atom. The summed E-state index contributed by atoms with van der Waals surface area (Å²) in [4.78, 5) is 16.8. The Balaban J connectivity index is 1.59. The summed E-state index contributed by atoms with van der Waals surface area (Å²) in [6.45, 7) is 0.612. The zero-order valence-corrected chi connectivity index (χ0v) is 17.2. The first kappa shape index (κ1) is 19.8. The number of nitrogens with zero attached hydrogens (tertiary/aromatic N) is 4. The maximum Gasteiger partial charge on any atom is 0.192 e. The van der Waals surface area contributed by atoms with Gasteiger partial charge >= 0.3 is 0 Å². The Labute approximate surface area is 179 Å². The average Bonchev–Trinajstić information content (AvgIpc) is 3.21. The molecule has 0 saturated heterocycles. The largest absolute Gasteiger partial charge is 0.497 e. The van der Waals surface area contributed by atoms with E-state index in [1.165, 1.54) is 11.8 Å². The van der Waals surface area contributed by atoms with Crippen LogP contribution in [0.15, 0.2) is 84.3 Å². The molecule has 6 nitrogen and oxygen atoms in total. The van der Waals surface area contributed by atoms with Crippen molar-refractivity contribution < 1.29 is 9.53 Å². The molecule has 0 aliphatic heterocycles. The quantitative estimate of drug-likeness (QED) is 0.314. The van der Waals surface area contributed by atoms with Gasteiger partial charge in [-0.15, -0.1) is 10.2 Å². The highest BCUT2D eigenvalue weighted by Crippen LogP contribution is 2.26. The number of thioether (sulfide) groups is 1. The van der Waals surface area contributed by atoms with E-state index >= 15 is 0 Å². The fourth-order valence-electron chi connectivity index (χ4n) is 3.03. The van der Waals surface area contributed by atoms with Crippen LogP contribution in [0.2, 0.25) is 0 Å². The van der Waals surface area contributed by atoms with Crippen molar-refractivity contribution in [2.45, 2.75) is 11.7 Å². The number of methoxy groups -OCH3 is 1. The highest BCUT2D eigenvalue weighted by Gasteiger charge is 2.17. The molecule has 0 atom stereocenters. The topological polar surface area (TPSA) is 69.9 Å². The molecule has 7 heteroatoms. The third-order valence-electron chi connectivity index (χ3n) is 4.56. The van der Waals surface area contributed by atoms with Gasteiger partial charge < -0.3 is 4.74 Å². The van der Waals surface area contributed by atoms with Crippen molar-refractivity contribution >= 4 is 17.5 Å². The van der Waals surface area contributed by atoms with E-state index in [0.29, 0.717) is 23.0 Å². The molecule has 2 heterocycles. The third-order valence-corrected chi connectivity index (χ3v) is 5.53. The number of hydrogen-bond donors (Lipinski definition) is 0. The summed E-state index contributed by atoms with van der Waals surface area (Å²) in [5.41, 5.74) is 2.68. The lowest BCUT2D eigenvalue weighted by Gasteiger charge is -2.10. The normalized spacial score (nSPS) is 10.7. The summed E-state index contributed by atoms with van der Waals surface area (Å²) in [6.07, 6.45) is 3.46. The van der Waals surface area contributed by atoms with Gasteiger partial charge in [0.1, 0.15) is 5.75 Å². The molecule has 4 rings (SSSR count). The maximum atomic E-state index is 12.7. The zero-order chi connectivity index (χ0) is 20.8. The second kappa shape index (κ2) is 9.37. The first-order valence-electron chi connectivity index (χ1n) is 9.42. The summed E-state index contributed by atoms with van der Waals surface area (Å²) < 4.78 is 7.25. The minimum absolute atomic E-state index is 0.0126. The Morgan fingerprint density at radius 1 is 1.00 bits per heavy atom. The van der Waals surface area contributed by atoms with Gasteiger partial charge in [0.25, 0.3) is 0 Å². The molecule has 0 aliphatic carbocycles. The molecule has 2 aromatic heterocycles. The van der Waals surface area contributed by atoms with Gasteiger partial charge in [-0.3, -0.25) is 14.3 Å². The predicted molar refractivity (Wildman–Crippen MR) is 117 cm³/mol. The lowest BCUT2D eigenvalue weighted by molar-refractivity contribution is 0.102. The first-order valence-corrected chi connectivity index (χ1v) is 10.4. The fourth-order valence-corrected chi connectivity index (χ4v) is 3.86. The summed E-state index contributed by atoms with van der Waals surface area (Å²) in [6, 6.07) is 21.1. The number of carbonyl (C=O) groups excluding carboxylic acids is 1. The molecule has 0 N–H and O–H groups in total. The number of aromatic nitrogens is 4. The van der Waals surface area contributed by atoms with Crippen LogP contribution in [0.1, 0.15) is 15.9 Å². The summed E-state index contributed by atoms with van der Waals surface area (Å²) in [5, 5.41) is 9.46. The Kier molecular flexibility index (Phi) is 6.20. The first-order chi connectivity index (χ1) is 14.7. The Bertz CT molecular complexity index is 1130. The second-order valence-electron chi connectivity index (χ2n) is 6.56. The maximum absolute atomic E-state index is 12.7. The molecule has 2 aromatic carbocycles. The molecule has 0 aliphatic rings. The van der Waals surface area contributed by atoms with E-state index in [1.807, 2.05) is 47.0 Å². The smallest absolute Gasteiger partial charge is 0.192 e. The Morgan fingerprint density at radius 3 is 2.57 bits per heavy atom. The lowest BCUT2D eigenvalue weighted by Crippen LogP contribution is -2.07. The van der Waals surface area contributed by atoms with E-state index in [4.69, 9.17) is 4.74 Å². The number of rotatable bonds is 8. The SMILES string of the molecule is COc1cccc(C(=O)CSc2nnc(-c3ccncc3)n2Cc2ccccc2)c1. The van der Waals surface area contributed by atoms with Crippen molar-refractivity contribution in [1.82, 2.24) is 19.7 Å². The van der Waals surface area contributed by atoms with Gasteiger partial charge in [0, 0.05) is 23.5 Å². The van der Waals surface area contributed by atoms with Gasteiger partial charge in [-0.1, -0.05) is 54.2 Å². The van der Waals surface area contributed by atoms with Crippen LogP contribution in [0.5, 0.6) is 5.75 Å². The van der Waals surface area contributed by atoms with Crippen LogP contribution < -0.4 is 4.74 Å². The van der Waals surface area contributed by atoms with Gasteiger partial charge in [0.15, 0.2) is 16.8 Å². The van der Waals surface area contributed by atoms with Gasteiger partial charge in [-0.25, -0.2) is 0 Å². The van der Waals surface area contributed by atoms with Crippen LogP contribution in [-0.2, 0) is 6.54 Å². The summed E-state index contributed by atoms with van der Waals surface area (Å²) in [5.74, 6) is 1.69. The minimum atomic E-state index is 0.0126. The molecule has 30 heavy (non-hydrogen) atoms. The standard InChI is InChI=1S/C23H20N4O2S/c1-29-20-9-5-8-19(14-20)21(28)16-30-23-26-25-22(18-10-12-24-13-11-18)27(23)15-17-6-3-2-4-7-17/h2-14H,15-16H2,1H3. The number of ether oxygens (including phenoxy) is 1. The number of Topliss-reactive ketones (excluding diaryl/α,β-unsaturated/α-hetero) is 1. The van der Waals surface area contributed by atoms with E-state index < -0.39 is 0 Å². The molecular formula is C23H20N4O2S. The van der Waals surface area contributed by atoms with E-state index in [2.05, 4.69) is 27.3 Å². The van der Waals surface area contributed by atoms with E-state index in [9.17, 15) is 4.79 Å². The molecule has 0 fully saturated rings. The average molecular weight is 417 g/mol. The van der Waals surface area contributed by atoms with Gasteiger partial charge in [0.2, 0.25) is 0 Å². The Hall–Kier alpha value is -3.45. The van der Waals surface area contributed by atoms with Crippen molar-refractivity contribution in [2.24, 2.45) is 0 Å². The van der Waals surface area contributed by atoms with Crippen LogP contribution in [-0.4, -0.2) is 38.4 Å². The van der Waals surface area contributed by atoms with Crippen molar-refractivity contribution in [3.63, 3.8) is 0 Å². The molecule has 0 radical (unpaired) electrons. The summed E-state index contributed by atoms with van der Waals surface area (Å²) >= 11 is 1.38. The molecule has 4 aromatic rings. The minimum Gasteiger partial charge on any atom is -0.497 e. The van der Waals surface area contributed by atoms with Crippen molar-refractivity contribution in [1.29, 1.82) is 0 Å². The van der Waals surface area contributed by atoms with Crippen LogP contribution in [0.25, 0.3) is 11.4 Å². The number of carbonyl (C=O) groups is 1. The third kappa shape index (κ3) is 4.58. The van der Waals surface area contributed by atoms with Crippen LogP contribution in [0.3, 0.4) is 0 Å². The van der Waals surface area contributed by atoms with E-state index in [-0.39, 0.29) is 11.5 Å². The van der Waals surface area contributed by atoms with E-state index in [0.717, 1.165) is 17.0 Å². The second-order valence-corrected chi connectivity index (χ2v) is 7.50. The monoisotopic (exact) mass is 416 g/mol. The zero-order valence-electron chi connectivity index (χ0n) is 16.4. The van der Waals surface area contributed by atoms with Crippen molar-refractivity contribution in [2.75, 3.05) is 12.9 Å². The van der Waals surface area contributed by atoms with Crippen LogP contribution >= 0.6 is 11.8 Å².